The molecule has 64 heavy (non-hydrogen) atoms. The molecule has 2 aliphatic heterocycles. The second-order valence-corrected chi connectivity index (χ2v) is 22.2. The van der Waals surface area contributed by atoms with Crippen LogP contribution in [0.3, 0.4) is 0 Å². The van der Waals surface area contributed by atoms with Crippen LogP contribution in [0.15, 0.2) is 71.5 Å². The molecule has 0 bridgehead atoms. The van der Waals surface area contributed by atoms with Crippen LogP contribution in [0.2, 0.25) is 10.0 Å². The molecule has 2 saturated heterocycles. The van der Waals surface area contributed by atoms with Crippen molar-refractivity contribution in [2.75, 3.05) is 12.3 Å². The molecule has 15 heteroatoms. The van der Waals surface area contributed by atoms with Crippen LogP contribution < -0.4 is 16.3 Å². The van der Waals surface area contributed by atoms with E-state index in [1.54, 1.807) is 48.6 Å². The average Bonchev–Trinajstić information content (AvgIpc) is 3.48. The van der Waals surface area contributed by atoms with Gasteiger partial charge in [0.25, 0.3) is 0 Å². The van der Waals surface area contributed by atoms with Crippen LogP contribution in [0.1, 0.15) is 134 Å². The number of unbranched alkanes of at least 4 members (excludes halogenated alkanes) is 5. The van der Waals surface area contributed by atoms with Gasteiger partial charge < -0.3 is 10.2 Å². The second-order valence-electron chi connectivity index (χ2n) is 18.7. The first kappa shape index (κ1) is 49.0. The highest BCUT2D eigenvalue weighted by atomic mass is 35.5. The summed E-state index contributed by atoms with van der Waals surface area (Å²) in [5, 5.41) is 5.89. The highest BCUT2D eigenvalue weighted by Crippen LogP contribution is 2.52. The maximum absolute atomic E-state index is 15.1. The molecule has 0 radical (unpaired) electrons. The van der Waals surface area contributed by atoms with Crippen LogP contribution in [-0.4, -0.2) is 69.7 Å². The summed E-state index contributed by atoms with van der Waals surface area (Å²) in [5.74, 6) is -1.95. The van der Waals surface area contributed by atoms with Crippen LogP contribution in [0, 0.1) is 11.3 Å². The number of imidazole rings is 1. The van der Waals surface area contributed by atoms with Crippen molar-refractivity contribution in [2.24, 2.45) is 18.4 Å². The maximum Gasteiger partial charge on any atom is 0.329 e. The Morgan fingerprint density at radius 1 is 0.859 bits per heavy atom. The van der Waals surface area contributed by atoms with Gasteiger partial charge in [-0.25, -0.2) is 13.2 Å². The third-order valence-corrected chi connectivity index (χ3v) is 16.0. The minimum atomic E-state index is -3.57. The molecule has 4 amide bonds. The van der Waals surface area contributed by atoms with E-state index in [0.29, 0.717) is 34.9 Å². The number of aromatic nitrogens is 2. The number of nitrogens with zero attached hydrogens (tertiary/aromatic N) is 3. The number of halogens is 2. The van der Waals surface area contributed by atoms with Gasteiger partial charge in [-0.1, -0.05) is 100.0 Å². The molecule has 3 aromatic carbocycles. The molecule has 4 aromatic rings. The molecular formula is C49H63Cl2N5O7S. The first-order chi connectivity index (χ1) is 30.3. The average molecular weight is 937 g/mol. The zero-order valence-electron chi connectivity index (χ0n) is 37.9. The van der Waals surface area contributed by atoms with Gasteiger partial charge in [0.15, 0.2) is 9.84 Å². The number of sulfone groups is 1. The normalized spacial score (nSPS) is 21.2. The molecule has 3 heterocycles. The van der Waals surface area contributed by atoms with Crippen molar-refractivity contribution in [1.82, 2.24) is 24.7 Å². The number of hydrogen-bond acceptors (Lipinski definition) is 7. The van der Waals surface area contributed by atoms with E-state index in [9.17, 15) is 27.6 Å². The monoisotopic (exact) mass is 935 g/mol. The van der Waals surface area contributed by atoms with Gasteiger partial charge in [-0.15, -0.1) is 0 Å². The summed E-state index contributed by atoms with van der Waals surface area (Å²) in [5.41, 5.74) is 2.87. The standard InChI is InChI=1S/C49H63Cl2N5O7S/c1-31(2)42(30-64(62,63)32(3)4)56-45(34-18-20-36(50)21-19-34)38(35-15-13-16-37(51)27-35)28-49(5,47(56)60)29-44(58)52-25-12-10-8-7-9-11-14-33-17-22-39-41(26-33)54(6)48(61)55(39)40-23-24-43(57)53-46(40)59/h13,15-22,26-27,31-32,38,40,42,45H,7-12,14,23-25,28-30H2,1-6H3,(H,52,58)(H,53,57,59)/t38-,40?,42-,45-,49-/m1/s1. The van der Waals surface area contributed by atoms with E-state index in [-0.39, 0.29) is 53.8 Å². The SMILES string of the molecule is CC(C)[C@@H](CS(=O)(=O)C(C)C)N1C(=O)[C@@](C)(CC(=O)NCCCCCCCCc2ccc3c(c2)n(C)c(=O)n3C2CCC(=O)NC2=O)C[C@H](c2cccc(Cl)c2)[C@H]1c1ccc(Cl)cc1. The first-order valence-corrected chi connectivity index (χ1v) is 25.1. The molecule has 0 saturated carbocycles. The van der Waals surface area contributed by atoms with Gasteiger partial charge >= 0.3 is 5.69 Å². The Labute approximate surface area is 387 Å². The number of nitrogens with one attached hydrogen (secondary N) is 2. The Kier molecular flexibility index (Phi) is 15.9. The van der Waals surface area contributed by atoms with Crippen LogP contribution in [-0.2, 0) is 42.5 Å². The fourth-order valence-corrected chi connectivity index (χ4v) is 11.3. The summed E-state index contributed by atoms with van der Waals surface area (Å²) in [4.78, 5) is 68.0. The number of hydrogen-bond donors (Lipinski definition) is 2. The molecule has 2 aliphatic rings. The number of imide groups is 1. The van der Waals surface area contributed by atoms with Crippen molar-refractivity contribution in [3.05, 3.63) is 104 Å². The Morgan fingerprint density at radius 3 is 2.20 bits per heavy atom. The highest BCUT2D eigenvalue weighted by Gasteiger charge is 2.53. The summed E-state index contributed by atoms with van der Waals surface area (Å²) in [6.45, 7) is 9.53. The van der Waals surface area contributed by atoms with Gasteiger partial charge in [0.1, 0.15) is 6.04 Å². The van der Waals surface area contributed by atoms with E-state index in [4.69, 9.17) is 23.2 Å². The number of carbonyl (C=O) groups is 4. The number of benzene rings is 3. The van der Waals surface area contributed by atoms with Gasteiger partial charge in [-0.2, -0.15) is 0 Å². The Bertz CT molecular complexity index is 2520. The van der Waals surface area contributed by atoms with E-state index in [1.807, 2.05) is 69.3 Å². The van der Waals surface area contributed by atoms with Gasteiger partial charge in [0, 0.05) is 48.4 Å². The lowest BCUT2D eigenvalue weighted by Gasteiger charge is -2.53. The van der Waals surface area contributed by atoms with Crippen LogP contribution >= 0.6 is 23.2 Å². The molecule has 2 N–H and O–H groups in total. The van der Waals surface area contributed by atoms with Gasteiger partial charge in [0.2, 0.25) is 23.6 Å². The second kappa shape index (κ2) is 20.8. The summed E-state index contributed by atoms with van der Waals surface area (Å²) >= 11 is 12.9. The Balaban J connectivity index is 1.06. The van der Waals surface area contributed by atoms with Gasteiger partial charge in [0.05, 0.1) is 33.5 Å². The van der Waals surface area contributed by atoms with Crippen LogP contribution in [0.5, 0.6) is 0 Å². The number of amides is 4. The number of likely N-dealkylation sites (tertiary alicyclic amines) is 1. The molecule has 12 nitrogen and oxygen atoms in total. The quantitative estimate of drug-likeness (QED) is 0.0705. The van der Waals surface area contributed by atoms with Gasteiger partial charge in [-0.3, -0.25) is 33.6 Å². The third kappa shape index (κ3) is 11.1. The first-order valence-electron chi connectivity index (χ1n) is 22.7. The summed E-state index contributed by atoms with van der Waals surface area (Å²) in [6.07, 6.45) is 7.43. The van der Waals surface area contributed by atoms with Crippen molar-refractivity contribution < 1.29 is 27.6 Å². The zero-order chi connectivity index (χ0) is 46.5. The predicted octanol–water partition coefficient (Wildman–Crippen LogP) is 8.63. The molecule has 5 atom stereocenters. The number of aryl methyl sites for hydroxylation is 2. The minimum Gasteiger partial charge on any atom is -0.356 e. The van der Waals surface area contributed by atoms with Crippen LogP contribution in [0.25, 0.3) is 11.0 Å². The largest absolute Gasteiger partial charge is 0.356 e. The lowest BCUT2D eigenvalue weighted by Crippen LogP contribution is -2.59. The molecule has 6 rings (SSSR count). The fraction of sp³-hybridized carbons (Fsp3) is 0.531. The molecule has 1 unspecified atom stereocenters. The smallest absolute Gasteiger partial charge is 0.329 e. The number of fused-ring (bicyclic) bond motifs is 1. The summed E-state index contributed by atoms with van der Waals surface area (Å²) in [6, 6.07) is 18.9. The van der Waals surface area contributed by atoms with Crippen molar-refractivity contribution in [3.8, 4) is 0 Å². The van der Waals surface area contributed by atoms with Crippen molar-refractivity contribution in [2.45, 2.75) is 135 Å². The third-order valence-electron chi connectivity index (χ3n) is 13.3. The van der Waals surface area contributed by atoms with E-state index in [1.165, 1.54) is 4.57 Å². The Hall–Kier alpha value is -4.46. The zero-order valence-corrected chi connectivity index (χ0v) is 40.2. The molecule has 346 valence electrons. The number of rotatable bonds is 19. The summed E-state index contributed by atoms with van der Waals surface area (Å²) in [7, 11) is -1.87. The van der Waals surface area contributed by atoms with Crippen molar-refractivity contribution in [3.63, 3.8) is 0 Å². The lowest BCUT2D eigenvalue weighted by molar-refractivity contribution is -0.158. The molecule has 1 aromatic heterocycles. The van der Waals surface area contributed by atoms with E-state index in [2.05, 4.69) is 10.6 Å². The fourth-order valence-electron chi connectivity index (χ4n) is 9.54. The number of carbonyl (C=O) groups excluding carboxylic acids is 4. The molecule has 0 aliphatic carbocycles. The molecule has 2 fully saturated rings. The molecular weight excluding hydrogens is 874 g/mol. The van der Waals surface area contributed by atoms with Crippen molar-refractivity contribution >= 4 is 67.7 Å². The van der Waals surface area contributed by atoms with Gasteiger partial charge in [-0.05, 0) is 105 Å². The Morgan fingerprint density at radius 2 is 1.55 bits per heavy atom. The minimum absolute atomic E-state index is 0.0456. The maximum atomic E-state index is 15.1. The predicted molar refractivity (Wildman–Crippen MR) is 253 cm³/mol. The van der Waals surface area contributed by atoms with Crippen LogP contribution in [0.4, 0.5) is 0 Å². The number of piperidine rings is 2. The highest BCUT2D eigenvalue weighted by molar-refractivity contribution is 7.92. The lowest BCUT2D eigenvalue weighted by atomic mass is 9.66. The summed E-state index contributed by atoms with van der Waals surface area (Å²) < 4.78 is 30.2. The van der Waals surface area contributed by atoms with E-state index >= 15 is 4.79 Å². The van der Waals surface area contributed by atoms with Crippen molar-refractivity contribution in [1.29, 1.82) is 0 Å². The molecule has 0 spiro atoms. The van der Waals surface area contributed by atoms with E-state index < -0.39 is 44.5 Å². The topological polar surface area (TPSA) is 157 Å². The van der Waals surface area contributed by atoms with E-state index in [0.717, 1.165) is 67.2 Å².